The van der Waals surface area contributed by atoms with Crippen LogP contribution in [0, 0.1) is 0 Å². The Morgan fingerprint density at radius 1 is 1.10 bits per heavy atom. The van der Waals surface area contributed by atoms with Crippen molar-refractivity contribution in [1.82, 2.24) is 15.3 Å². The van der Waals surface area contributed by atoms with Gasteiger partial charge in [-0.15, -0.1) is 0 Å². The summed E-state index contributed by atoms with van der Waals surface area (Å²) in [7, 11) is 2.06. The Labute approximate surface area is 129 Å². The predicted molar refractivity (Wildman–Crippen MR) is 82.2 cm³/mol. The number of rotatable bonds is 5. The summed E-state index contributed by atoms with van der Waals surface area (Å²) in [6, 6.07) is 6.73. The summed E-state index contributed by atoms with van der Waals surface area (Å²) in [6.07, 6.45) is 0.412. The molecule has 114 valence electrons. The molecule has 1 aromatic rings. The van der Waals surface area contributed by atoms with E-state index in [4.69, 9.17) is 11.6 Å². The summed E-state index contributed by atoms with van der Waals surface area (Å²) < 4.78 is 0. The van der Waals surface area contributed by atoms with E-state index in [0.29, 0.717) is 10.6 Å². The van der Waals surface area contributed by atoms with Gasteiger partial charge >= 0.3 is 0 Å². The fourth-order valence-electron chi connectivity index (χ4n) is 2.16. The molecule has 0 saturated carbocycles. The van der Waals surface area contributed by atoms with Crippen LogP contribution < -0.4 is 5.43 Å². The fourth-order valence-corrected chi connectivity index (χ4v) is 2.28. The molecule has 1 amide bonds. The van der Waals surface area contributed by atoms with Gasteiger partial charge in [-0.3, -0.25) is 15.0 Å². The SMILES string of the molecule is CN1CCN(NC(=O)CCC(=O)c2ccc(Cl)cc2)CC1. The standard InChI is InChI=1S/C15H20ClN3O2/c1-18-8-10-19(11-9-18)17-15(21)7-6-14(20)12-2-4-13(16)5-3-12/h2-5H,6-11H2,1H3,(H,17,21). The van der Waals surface area contributed by atoms with Crippen molar-refractivity contribution in [3.05, 3.63) is 34.9 Å². The van der Waals surface area contributed by atoms with E-state index in [1.165, 1.54) is 0 Å². The van der Waals surface area contributed by atoms with Crippen molar-refractivity contribution in [2.24, 2.45) is 0 Å². The van der Waals surface area contributed by atoms with Crippen molar-refractivity contribution < 1.29 is 9.59 Å². The van der Waals surface area contributed by atoms with E-state index in [-0.39, 0.29) is 24.5 Å². The van der Waals surface area contributed by atoms with E-state index < -0.39 is 0 Å². The van der Waals surface area contributed by atoms with Crippen LogP contribution in [0.2, 0.25) is 5.02 Å². The molecular formula is C15H20ClN3O2. The number of amides is 1. The highest BCUT2D eigenvalue weighted by Gasteiger charge is 2.16. The lowest BCUT2D eigenvalue weighted by molar-refractivity contribution is -0.126. The molecule has 1 N–H and O–H groups in total. The molecule has 2 rings (SSSR count). The molecule has 1 aliphatic heterocycles. The highest BCUT2D eigenvalue weighted by molar-refractivity contribution is 6.30. The predicted octanol–water partition coefficient (Wildman–Crippen LogP) is 1.58. The molecule has 6 heteroatoms. The van der Waals surface area contributed by atoms with Gasteiger partial charge in [-0.05, 0) is 31.3 Å². The number of piperazine rings is 1. The highest BCUT2D eigenvalue weighted by atomic mass is 35.5. The third-order valence-corrected chi connectivity index (χ3v) is 3.78. The van der Waals surface area contributed by atoms with Gasteiger partial charge < -0.3 is 4.90 Å². The third-order valence-electron chi connectivity index (χ3n) is 3.53. The number of halogens is 1. The zero-order valence-corrected chi connectivity index (χ0v) is 12.9. The van der Waals surface area contributed by atoms with Crippen molar-refractivity contribution in [3.8, 4) is 0 Å². The van der Waals surface area contributed by atoms with E-state index in [0.717, 1.165) is 26.2 Å². The quantitative estimate of drug-likeness (QED) is 0.839. The van der Waals surface area contributed by atoms with Crippen LogP contribution in [0.5, 0.6) is 0 Å². The Morgan fingerprint density at radius 2 is 1.71 bits per heavy atom. The number of nitrogens with one attached hydrogen (secondary N) is 1. The summed E-state index contributed by atoms with van der Waals surface area (Å²) in [4.78, 5) is 26.0. The zero-order valence-electron chi connectivity index (χ0n) is 12.1. The number of ketones is 1. The number of Topliss-reactive ketones (excluding diaryl/α,β-unsaturated/α-hetero) is 1. The largest absolute Gasteiger partial charge is 0.304 e. The van der Waals surface area contributed by atoms with E-state index in [1.54, 1.807) is 24.3 Å². The molecule has 1 saturated heterocycles. The topological polar surface area (TPSA) is 52.6 Å². The summed E-state index contributed by atoms with van der Waals surface area (Å²) in [6.45, 7) is 3.49. The maximum absolute atomic E-state index is 12.0. The molecule has 1 aromatic carbocycles. The second kappa shape index (κ2) is 7.54. The molecular weight excluding hydrogens is 290 g/mol. The Balaban J connectivity index is 1.73. The van der Waals surface area contributed by atoms with Crippen LogP contribution in [0.15, 0.2) is 24.3 Å². The van der Waals surface area contributed by atoms with E-state index in [1.807, 2.05) is 5.01 Å². The lowest BCUT2D eigenvalue weighted by atomic mass is 10.1. The average Bonchev–Trinajstić information content (AvgIpc) is 2.48. The zero-order chi connectivity index (χ0) is 15.2. The normalized spacial score (nSPS) is 16.7. The molecule has 0 bridgehead atoms. The molecule has 5 nitrogen and oxygen atoms in total. The minimum absolute atomic E-state index is 0.0415. The van der Waals surface area contributed by atoms with Crippen LogP contribution in [0.4, 0.5) is 0 Å². The number of carbonyl (C=O) groups is 2. The van der Waals surface area contributed by atoms with Crippen molar-refractivity contribution in [3.63, 3.8) is 0 Å². The first-order chi connectivity index (χ1) is 10.0. The number of hydrazine groups is 1. The fraction of sp³-hybridized carbons (Fsp3) is 0.467. The van der Waals surface area contributed by atoms with Gasteiger partial charge in [0.2, 0.25) is 5.91 Å². The maximum Gasteiger partial charge on any atom is 0.234 e. The van der Waals surface area contributed by atoms with Crippen molar-refractivity contribution in [2.45, 2.75) is 12.8 Å². The van der Waals surface area contributed by atoms with Gasteiger partial charge in [0, 0.05) is 49.6 Å². The molecule has 1 fully saturated rings. The van der Waals surface area contributed by atoms with Crippen LogP contribution in [0.25, 0.3) is 0 Å². The summed E-state index contributed by atoms with van der Waals surface area (Å²) in [5.41, 5.74) is 3.44. The van der Waals surface area contributed by atoms with E-state index in [2.05, 4.69) is 17.4 Å². The first-order valence-electron chi connectivity index (χ1n) is 7.06. The van der Waals surface area contributed by atoms with Gasteiger partial charge in [0.05, 0.1) is 0 Å². The summed E-state index contributed by atoms with van der Waals surface area (Å²) in [5, 5.41) is 2.51. The first kappa shape index (κ1) is 15.9. The van der Waals surface area contributed by atoms with Gasteiger partial charge in [-0.1, -0.05) is 11.6 Å². The number of benzene rings is 1. The second-order valence-electron chi connectivity index (χ2n) is 5.26. The molecule has 0 aliphatic carbocycles. The number of carbonyl (C=O) groups excluding carboxylic acids is 2. The maximum atomic E-state index is 12.0. The van der Waals surface area contributed by atoms with Gasteiger partial charge in [0.25, 0.3) is 0 Å². The Kier molecular flexibility index (Phi) is 5.73. The van der Waals surface area contributed by atoms with E-state index >= 15 is 0 Å². The van der Waals surface area contributed by atoms with Crippen LogP contribution in [-0.2, 0) is 4.79 Å². The summed E-state index contributed by atoms with van der Waals surface area (Å²) >= 11 is 5.78. The number of hydrogen-bond donors (Lipinski definition) is 1. The second-order valence-corrected chi connectivity index (χ2v) is 5.69. The van der Waals surface area contributed by atoms with Crippen LogP contribution in [0.3, 0.4) is 0 Å². The van der Waals surface area contributed by atoms with Crippen LogP contribution in [-0.4, -0.2) is 54.8 Å². The van der Waals surface area contributed by atoms with Gasteiger partial charge in [-0.25, -0.2) is 5.01 Å². The van der Waals surface area contributed by atoms with Gasteiger partial charge in [-0.2, -0.15) is 0 Å². The molecule has 0 radical (unpaired) electrons. The van der Waals surface area contributed by atoms with Crippen molar-refractivity contribution in [2.75, 3.05) is 33.2 Å². The lowest BCUT2D eigenvalue weighted by Crippen LogP contribution is -2.52. The Bertz CT molecular complexity index is 496. The Hall–Kier alpha value is -1.43. The number of nitrogens with zero attached hydrogens (tertiary/aromatic N) is 2. The van der Waals surface area contributed by atoms with Crippen LogP contribution >= 0.6 is 11.6 Å². The number of likely N-dealkylation sites (N-methyl/N-ethyl adjacent to an activating group) is 1. The molecule has 0 spiro atoms. The van der Waals surface area contributed by atoms with E-state index in [9.17, 15) is 9.59 Å². The van der Waals surface area contributed by atoms with Gasteiger partial charge in [0.15, 0.2) is 5.78 Å². The molecule has 21 heavy (non-hydrogen) atoms. The monoisotopic (exact) mass is 309 g/mol. The van der Waals surface area contributed by atoms with Crippen LogP contribution in [0.1, 0.15) is 23.2 Å². The van der Waals surface area contributed by atoms with Crippen molar-refractivity contribution in [1.29, 1.82) is 0 Å². The lowest BCUT2D eigenvalue weighted by Gasteiger charge is -2.32. The highest BCUT2D eigenvalue weighted by Crippen LogP contribution is 2.11. The van der Waals surface area contributed by atoms with Gasteiger partial charge in [0.1, 0.15) is 0 Å². The average molecular weight is 310 g/mol. The molecule has 0 unspecified atom stereocenters. The minimum Gasteiger partial charge on any atom is -0.304 e. The third kappa shape index (κ3) is 5.12. The molecule has 0 atom stereocenters. The number of hydrogen-bond acceptors (Lipinski definition) is 4. The van der Waals surface area contributed by atoms with Crippen molar-refractivity contribution >= 4 is 23.3 Å². The molecule has 1 aliphatic rings. The smallest absolute Gasteiger partial charge is 0.234 e. The molecule has 1 heterocycles. The molecule has 0 aromatic heterocycles. The summed E-state index contributed by atoms with van der Waals surface area (Å²) in [5.74, 6) is -0.151. The first-order valence-corrected chi connectivity index (χ1v) is 7.44. The Morgan fingerprint density at radius 3 is 2.33 bits per heavy atom. The minimum atomic E-state index is -0.109.